The number of nitrogens with two attached hydrogens (primary N) is 1. The van der Waals surface area contributed by atoms with E-state index < -0.39 is 0 Å². The van der Waals surface area contributed by atoms with E-state index in [1.165, 1.54) is 11.1 Å². The summed E-state index contributed by atoms with van der Waals surface area (Å²) in [5, 5.41) is 0. The first-order valence-electron chi connectivity index (χ1n) is 7.80. The number of hydrogen-bond donors (Lipinski definition) is 1. The first kappa shape index (κ1) is 14.8. The fourth-order valence-electron chi connectivity index (χ4n) is 3.78. The molecule has 1 saturated heterocycles. The van der Waals surface area contributed by atoms with Gasteiger partial charge in [0.25, 0.3) is 0 Å². The number of methoxy groups -OCH3 is 1. The van der Waals surface area contributed by atoms with Crippen molar-refractivity contribution in [3.8, 4) is 5.75 Å². The van der Waals surface area contributed by atoms with Gasteiger partial charge in [-0.15, -0.1) is 0 Å². The van der Waals surface area contributed by atoms with Crippen LogP contribution in [0, 0.1) is 0 Å². The van der Waals surface area contributed by atoms with Gasteiger partial charge in [0.15, 0.2) is 0 Å². The number of aryl methyl sites for hydroxylation is 1. The van der Waals surface area contributed by atoms with E-state index in [1.54, 1.807) is 7.11 Å². The van der Waals surface area contributed by atoms with E-state index >= 15 is 0 Å². The van der Waals surface area contributed by atoms with Crippen molar-refractivity contribution in [2.24, 2.45) is 5.73 Å². The van der Waals surface area contributed by atoms with Gasteiger partial charge in [-0.3, -0.25) is 4.90 Å². The minimum atomic E-state index is 0.0600. The average Bonchev–Trinajstić information content (AvgIpc) is 2.47. The van der Waals surface area contributed by atoms with Gasteiger partial charge >= 0.3 is 0 Å². The maximum atomic E-state index is 6.61. The second-order valence-electron chi connectivity index (χ2n) is 6.75. The van der Waals surface area contributed by atoms with Crippen molar-refractivity contribution >= 4 is 0 Å². The van der Waals surface area contributed by atoms with Crippen LogP contribution in [0.4, 0.5) is 0 Å². The highest BCUT2D eigenvalue weighted by molar-refractivity contribution is 5.40. The Morgan fingerprint density at radius 1 is 1.38 bits per heavy atom. The summed E-state index contributed by atoms with van der Waals surface area (Å²) in [7, 11) is 1.71. The highest BCUT2D eigenvalue weighted by atomic mass is 16.5. The van der Waals surface area contributed by atoms with Gasteiger partial charge in [0, 0.05) is 24.2 Å². The average molecular weight is 290 g/mol. The molecule has 1 fully saturated rings. The molecule has 2 aliphatic rings. The summed E-state index contributed by atoms with van der Waals surface area (Å²) in [6.07, 6.45) is 2.17. The van der Waals surface area contributed by atoms with Crippen molar-refractivity contribution in [2.75, 3.05) is 26.9 Å². The highest BCUT2D eigenvalue weighted by Gasteiger charge is 2.40. The third-order valence-electron chi connectivity index (χ3n) is 4.94. The molecule has 3 rings (SSSR count). The van der Waals surface area contributed by atoms with Crippen LogP contribution >= 0.6 is 0 Å². The summed E-state index contributed by atoms with van der Waals surface area (Å²) in [5.74, 6) is 0.922. The maximum Gasteiger partial charge on any atom is 0.119 e. The number of benzene rings is 1. The molecule has 0 spiro atoms. The van der Waals surface area contributed by atoms with Crippen molar-refractivity contribution in [3.63, 3.8) is 0 Å². The number of morpholine rings is 1. The lowest BCUT2D eigenvalue weighted by Gasteiger charge is -2.50. The molecule has 1 aliphatic carbocycles. The van der Waals surface area contributed by atoms with Gasteiger partial charge in [0.1, 0.15) is 5.75 Å². The Hall–Kier alpha value is -1.10. The second-order valence-corrected chi connectivity index (χ2v) is 6.75. The van der Waals surface area contributed by atoms with Crippen LogP contribution in [-0.4, -0.2) is 43.3 Å². The Bertz CT molecular complexity index is 516. The van der Waals surface area contributed by atoms with Gasteiger partial charge in [-0.1, -0.05) is 6.07 Å². The SMILES string of the molecule is COc1ccc2c(c1)CCC(N1CCOCC1(C)C)C2N. The zero-order chi connectivity index (χ0) is 15.0. The predicted molar refractivity (Wildman–Crippen MR) is 83.6 cm³/mol. The molecule has 2 atom stereocenters. The lowest BCUT2D eigenvalue weighted by atomic mass is 9.81. The molecule has 4 nitrogen and oxygen atoms in total. The normalized spacial score (nSPS) is 29.0. The lowest BCUT2D eigenvalue weighted by Crippen LogP contribution is -2.60. The van der Waals surface area contributed by atoms with Gasteiger partial charge in [0.05, 0.1) is 20.3 Å². The van der Waals surface area contributed by atoms with Crippen molar-refractivity contribution in [3.05, 3.63) is 29.3 Å². The van der Waals surface area contributed by atoms with E-state index in [0.717, 1.165) is 38.3 Å². The van der Waals surface area contributed by atoms with Gasteiger partial charge in [-0.25, -0.2) is 0 Å². The van der Waals surface area contributed by atoms with Gasteiger partial charge in [-0.05, 0) is 49.9 Å². The molecule has 2 N–H and O–H groups in total. The molecule has 116 valence electrons. The molecule has 0 amide bonds. The number of hydrogen-bond acceptors (Lipinski definition) is 4. The van der Waals surface area contributed by atoms with Gasteiger partial charge < -0.3 is 15.2 Å². The topological polar surface area (TPSA) is 47.7 Å². The Labute approximate surface area is 127 Å². The molecule has 0 aromatic heterocycles. The van der Waals surface area contributed by atoms with Crippen molar-refractivity contribution in [2.45, 2.75) is 44.3 Å². The van der Waals surface area contributed by atoms with Crippen LogP contribution in [0.5, 0.6) is 5.75 Å². The Balaban J connectivity index is 1.86. The van der Waals surface area contributed by atoms with Crippen molar-refractivity contribution in [1.29, 1.82) is 0 Å². The van der Waals surface area contributed by atoms with Crippen LogP contribution < -0.4 is 10.5 Å². The fourth-order valence-corrected chi connectivity index (χ4v) is 3.78. The van der Waals surface area contributed by atoms with E-state index in [4.69, 9.17) is 15.2 Å². The molecule has 1 heterocycles. The third kappa shape index (κ3) is 2.68. The second kappa shape index (κ2) is 5.59. The molecular weight excluding hydrogens is 264 g/mol. The van der Waals surface area contributed by atoms with Gasteiger partial charge in [-0.2, -0.15) is 0 Å². The largest absolute Gasteiger partial charge is 0.497 e. The summed E-state index contributed by atoms with van der Waals surface area (Å²) in [4.78, 5) is 2.55. The summed E-state index contributed by atoms with van der Waals surface area (Å²) in [6, 6.07) is 6.75. The van der Waals surface area contributed by atoms with Gasteiger partial charge in [0.2, 0.25) is 0 Å². The summed E-state index contributed by atoms with van der Waals surface area (Å²) >= 11 is 0. The van der Waals surface area contributed by atoms with Crippen molar-refractivity contribution < 1.29 is 9.47 Å². The highest BCUT2D eigenvalue weighted by Crippen LogP contribution is 2.36. The van der Waals surface area contributed by atoms with E-state index in [1.807, 2.05) is 6.07 Å². The molecule has 21 heavy (non-hydrogen) atoms. The zero-order valence-corrected chi connectivity index (χ0v) is 13.3. The van der Waals surface area contributed by atoms with Crippen LogP contribution in [0.3, 0.4) is 0 Å². The lowest BCUT2D eigenvalue weighted by molar-refractivity contribution is -0.0792. The van der Waals surface area contributed by atoms with E-state index in [2.05, 4.69) is 30.9 Å². The quantitative estimate of drug-likeness (QED) is 0.906. The minimum absolute atomic E-state index is 0.0600. The summed E-state index contributed by atoms with van der Waals surface area (Å²) < 4.78 is 11.0. The number of fused-ring (bicyclic) bond motifs is 1. The first-order chi connectivity index (χ1) is 10.0. The summed E-state index contributed by atoms with van der Waals surface area (Å²) in [6.45, 7) is 7.06. The molecule has 0 radical (unpaired) electrons. The monoisotopic (exact) mass is 290 g/mol. The molecule has 0 bridgehead atoms. The fraction of sp³-hybridized carbons (Fsp3) is 0.647. The van der Waals surface area contributed by atoms with Crippen LogP contribution in [0.25, 0.3) is 0 Å². The molecule has 1 aliphatic heterocycles. The predicted octanol–water partition coefficient (Wildman–Crippen LogP) is 2.12. The Morgan fingerprint density at radius 2 is 2.19 bits per heavy atom. The van der Waals surface area contributed by atoms with Crippen LogP contribution in [0.1, 0.15) is 37.4 Å². The van der Waals surface area contributed by atoms with Crippen molar-refractivity contribution in [1.82, 2.24) is 4.90 Å². The minimum Gasteiger partial charge on any atom is -0.497 e. The van der Waals surface area contributed by atoms with Crippen LogP contribution in [0.2, 0.25) is 0 Å². The zero-order valence-electron chi connectivity index (χ0n) is 13.3. The first-order valence-corrected chi connectivity index (χ1v) is 7.80. The Kier molecular flexibility index (Phi) is 3.95. The van der Waals surface area contributed by atoms with E-state index in [-0.39, 0.29) is 11.6 Å². The number of ether oxygens (including phenoxy) is 2. The Morgan fingerprint density at radius 3 is 2.90 bits per heavy atom. The molecule has 1 aromatic carbocycles. The number of rotatable bonds is 2. The van der Waals surface area contributed by atoms with E-state index in [0.29, 0.717) is 6.04 Å². The standard InChI is InChI=1S/C17H26N2O2/c1-17(2)11-21-9-8-19(17)15-7-4-12-10-13(20-3)5-6-14(12)16(15)18/h5-6,10,15-16H,4,7-9,11,18H2,1-3H3. The molecule has 4 heteroatoms. The van der Waals surface area contributed by atoms with Crippen LogP contribution in [0.15, 0.2) is 18.2 Å². The molecular formula is C17H26N2O2. The molecule has 1 aromatic rings. The van der Waals surface area contributed by atoms with Crippen LogP contribution in [-0.2, 0) is 11.2 Å². The smallest absolute Gasteiger partial charge is 0.119 e. The summed E-state index contributed by atoms with van der Waals surface area (Å²) in [5.41, 5.74) is 9.28. The number of nitrogens with zero attached hydrogens (tertiary/aromatic N) is 1. The third-order valence-corrected chi connectivity index (χ3v) is 4.94. The molecule has 0 saturated carbocycles. The maximum absolute atomic E-state index is 6.61. The molecule has 2 unspecified atom stereocenters. The van der Waals surface area contributed by atoms with E-state index in [9.17, 15) is 0 Å².